The van der Waals surface area contributed by atoms with Gasteiger partial charge in [0.1, 0.15) is 0 Å². The summed E-state index contributed by atoms with van der Waals surface area (Å²) >= 11 is 0. The quantitative estimate of drug-likeness (QED) is 0.879. The van der Waals surface area contributed by atoms with Gasteiger partial charge in [0.05, 0.1) is 24.7 Å². The standard InChI is InChI=1S/C16H23N3O4S/c1-13-4-5-14(17-16(20)18-7-9-23-10-8-18)12-15(13)19-6-2-3-11-24(19,21)22/h4-5,12H,2-3,6-11H2,1H3,(H,17,20). The molecule has 132 valence electrons. The van der Waals surface area contributed by atoms with Gasteiger partial charge in [-0.15, -0.1) is 0 Å². The van der Waals surface area contributed by atoms with E-state index in [1.807, 2.05) is 13.0 Å². The predicted molar refractivity (Wildman–Crippen MR) is 93.0 cm³/mol. The van der Waals surface area contributed by atoms with Crippen LogP contribution < -0.4 is 9.62 Å². The fourth-order valence-corrected chi connectivity index (χ4v) is 4.68. The van der Waals surface area contributed by atoms with Gasteiger partial charge in [-0.05, 0) is 37.5 Å². The van der Waals surface area contributed by atoms with Crippen LogP contribution in [0.4, 0.5) is 16.2 Å². The van der Waals surface area contributed by atoms with Crippen molar-refractivity contribution in [3.63, 3.8) is 0 Å². The molecule has 0 aromatic heterocycles. The first-order valence-electron chi connectivity index (χ1n) is 8.22. The molecule has 2 aliphatic rings. The number of amides is 2. The van der Waals surface area contributed by atoms with Crippen LogP contribution in [0.1, 0.15) is 18.4 Å². The molecule has 1 aromatic rings. The second-order valence-corrected chi connectivity index (χ2v) is 8.14. The average molecular weight is 353 g/mol. The maximum absolute atomic E-state index is 12.3. The topological polar surface area (TPSA) is 79.0 Å². The van der Waals surface area contributed by atoms with Gasteiger partial charge in [0.25, 0.3) is 0 Å². The van der Waals surface area contributed by atoms with Crippen molar-refractivity contribution in [2.75, 3.05) is 48.2 Å². The third kappa shape index (κ3) is 3.64. The fourth-order valence-electron chi connectivity index (χ4n) is 2.98. The van der Waals surface area contributed by atoms with Crippen molar-refractivity contribution in [1.82, 2.24) is 4.90 Å². The van der Waals surface area contributed by atoms with Crippen molar-refractivity contribution in [2.24, 2.45) is 0 Å². The summed E-state index contributed by atoms with van der Waals surface area (Å²) in [6.07, 6.45) is 1.55. The van der Waals surface area contributed by atoms with Crippen LogP contribution in [0.15, 0.2) is 18.2 Å². The molecule has 0 radical (unpaired) electrons. The van der Waals surface area contributed by atoms with Crippen molar-refractivity contribution in [3.8, 4) is 0 Å². The van der Waals surface area contributed by atoms with E-state index in [4.69, 9.17) is 4.74 Å². The first-order chi connectivity index (χ1) is 11.5. The molecule has 3 rings (SSSR count). The van der Waals surface area contributed by atoms with Crippen LogP contribution >= 0.6 is 0 Å². The number of carbonyl (C=O) groups excluding carboxylic acids is 1. The highest BCUT2D eigenvalue weighted by atomic mass is 32.2. The number of anilines is 2. The number of morpholine rings is 1. The highest BCUT2D eigenvalue weighted by Gasteiger charge is 2.27. The molecule has 2 saturated heterocycles. The van der Waals surface area contributed by atoms with Gasteiger partial charge in [0.15, 0.2) is 0 Å². The third-order valence-electron chi connectivity index (χ3n) is 4.38. The van der Waals surface area contributed by atoms with E-state index in [-0.39, 0.29) is 11.8 Å². The number of hydrogen-bond acceptors (Lipinski definition) is 4. The Kier molecular flexibility index (Phi) is 4.96. The average Bonchev–Trinajstić information content (AvgIpc) is 2.57. The second kappa shape index (κ2) is 6.98. The minimum atomic E-state index is -3.27. The zero-order valence-corrected chi connectivity index (χ0v) is 14.6. The first-order valence-corrected chi connectivity index (χ1v) is 9.83. The summed E-state index contributed by atoms with van der Waals surface area (Å²) in [5.41, 5.74) is 2.13. The molecule has 2 aliphatic heterocycles. The van der Waals surface area contributed by atoms with Crippen molar-refractivity contribution < 1.29 is 17.9 Å². The van der Waals surface area contributed by atoms with E-state index in [2.05, 4.69) is 5.32 Å². The number of benzene rings is 1. The Morgan fingerprint density at radius 3 is 2.62 bits per heavy atom. The minimum Gasteiger partial charge on any atom is -0.378 e. The predicted octanol–water partition coefficient (Wildman–Crippen LogP) is 1.79. The van der Waals surface area contributed by atoms with E-state index in [1.54, 1.807) is 17.0 Å². The van der Waals surface area contributed by atoms with Crippen LogP contribution in [-0.2, 0) is 14.8 Å². The number of hydrogen-bond donors (Lipinski definition) is 1. The minimum absolute atomic E-state index is 0.177. The molecule has 1 N–H and O–H groups in total. The Hall–Kier alpha value is -1.80. The number of nitrogens with zero attached hydrogens (tertiary/aromatic N) is 2. The highest BCUT2D eigenvalue weighted by Crippen LogP contribution is 2.29. The molecule has 0 bridgehead atoms. The summed E-state index contributed by atoms with van der Waals surface area (Å²) < 4.78 is 31.4. The van der Waals surface area contributed by atoms with Crippen LogP contribution in [0.3, 0.4) is 0 Å². The fraction of sp³-hybridized carbons (Fsp3) is 0.562. The van der Waals surface area contributed by atoms with E-state index >= 15 is 0 Å². The van der Waals surface area contributed by atoms with Gasteiger partial charge >= 0.3 is 6.03 Å². The molecule has 8 heteroatoms. The summed E-state index contributed by atoms with van der Waals surface area (Å²) in [4.78, 5) is 14.0. The van der Waals surface area contributed by atoms with Crippen LogP contribution in [0.2, 0.25) is 0 Å². The number of rotatable bonds is 2. The van der Waals surface area contributed by atoms with Gasteiger partial charge in [0, 0.05) is 25.3 Å². The molecular formula is C16H23N3O4S. The molecule has 2 amide bonds. The molecule has 2 heterocycles. The van der Waals surface area contributed by atoms with E-state index in [0.717, 1.165) is 12.0 Å². The monoisotopic (exact) mass is 353 g/mol. The van der Waals surface area contributed by atoms with Gasteiger partial charge in [0.2, 0.25) is 10.0 Å². The normalized spacial score (nSPS) is 20.7. The van der Waals surface area contributed by atoms with Crippen LogP contribution in [0.25, 0.3) is 0 Å². The molecule has 24 heavy (non-hydrogen) atoms. The Balaban J connectivity index is 1.79. The SMILES string of the molecule is Cc1ccc(NC(=O)N2CCOCC2)cc1N1CCCCS1(=O)=O. The maximum atomic E-state index is 12.3. The zero-order valence-electron chi connectivity index (χ0n) is 13.8. The lowest BCUT2D eigenvalue weighted by molar-refractivity contribution is 0.0564. The molecule has 0 saturated carbocycles. The third-order valence-corrected chi connectivity index (χ3v) is 6.23. The zero-order chi connectivity index (χ0) is 17.2. The number of sulfonamides is 1. The lowest BCUT2D eigenvalue weighted by Crippen LogP contribution is -2.43. The van der Waals surface area contributed by atoms with Crippen LogP contribution in [-0.4, -0.2) is 57.9 Å². The van der Waals surface area contributed by atoms with Gasteiger partial charge in [-0.2, -0.15) is 0 Å². The van der Waals surface area contributed by atoms with Gasteiger partial charge < -0.3 is 15.0 Å². The lowest BCUT2D eigenvalue weighted by atomic mass is 10.1. The number of carbonyl (C=O) groups is 1. The Bertz CT molecular complexity index is 714. The summed E-state index contributed by atoms with van der Waals surface area (Å²) in [5, 5.41) is 2.86. The van der Waals surface area contributed by atoms with Crippen molar-refractivity contribution in [1.29, 1.82) is 0 Å². The molecule has 1 aromatic carbocycles. The highest BCUT2D eigenvalue weighted by molar-refractivity contribution is 7.92. The summed E-state index contributed by atoms with van der Waals surface area (Å²) in [6.45, 7) is 4.57. The van der Waals surface area contributed by atoms with E-state index < -0.39 is 10.0 Å². The summed E-state index contributed by atoms with van der Waals surface area (Å²) in [7, 11) is -3.27. The van der Waals surface area contributed by atoms with Gasteiger partial charge in [-0.25, -0.2) is 13.2 Å². The smallest absolute Gasteiger partial charge is 0.322 e. The molecule has 0 aliphatic carbocycles. The lowest BCUT2D eigenvalue weighted by Gasteiger charge is -2.30. The first kappa shape index (κ1) is 17.0. The number of nitrogens with one attached hydrogen (secondary N) is 1. The molecule has 0 spiro atoms. The molecule has 7 nitrogen and oxygen atoms in total. The number of aryl methyl sites for hydroxylation is 1. The van der Waals surface area contributed by atoms with Crippen molar-refractivity contribution in [2.45, 2.75) is 19.8 Å². The Morgan fingerprint density at radius 1 is 1.17 bits per heavy atom. The largest absolute Gasteiger partial charge is 0.378 e. The van der Waals surface area contributed by atoms with Crippen LogP contribution in [0, 0.1) is 6.92 Å². The molecule has 0 unspecified atom stereocenters. The van der Waals surface area contributed by atoms with E-state index in [1.165, 1.54) is 4.31 Å². The Morgan fingerprint density at radius 2 is 1.92 bits per heavy atom. The molecule has 0 atom stereocenters. The summed E-state index contributed by atoms with van der Waals surface area (Å²) in [5.74, 6) is 0.177. The van der Waals surface area contributed by atoms with Crippen molar-refractivity contribution >= 4 is 27.4 Å². The van der Waals surface area contributed by atoms with E-state index in [0.29, 0.717) is 50.6 Å². The van der Waals surface area contributed by atoms with Crippen LogP contribution in [0.5, 0.6) is 0 Å². The van der Waals surface area contributed by atoms with E-state index in [9.17, 15) is 13.2 Å². The van der Waals surface area contributed by atoms with Gasteiger partial charge in [-0.3, -0.25) is 4.31 Å². The molecular weight excluding hydrogens is 330 g/mol. The Labute approximate surface area is 142 Å². The van der Waals surface area contributed by atoms with Gasteiger partial charge in [-0.1, -0.05) is 6.07 Å². The number of urea groups is 1. The second-order valence-electron chi connectivity index (χ2n) is 6.13. The number of ether oxygens (including phenoxy) is 1. The maximum Gasteiger partial charge on any atom is 0.322 e. The van der Waals surface area contributed by atoms with Crippen molar-refractivity contribution in [3.05, 3.63) is 23.8 Å². The summed E-state index contributed by atoms with van der Waals surface area (Å²) in [6, 6.07) is 5.20. The molecule has 2 fully saturated rings.